The van der Waals surface area contributed by atoms with Gasteiger partial charge in [-0.2, -0.15) is 0 Å². The molecular weight excluding hydrogens is 252 g/mol. The van der Waals surface area contributed by atoms with Crippen LogP contribution in [0.25, 0.3) is 0 Å². The molecule has 0 unspecified atom stereocenters. The molecule has 2 rings (SSSR count). The highest BCUT2D eigenvalue weighted by molar-refractivity contribution is 5.79. The molecule has 1 aromatic rings. The molecule has 1 aromatic carbocycles. The maximum Gasteiger partial charge on any atom is 0.278 e. The van der Waals surface area contributed by atoms with Gasteiger partial charge in [0.15, 0.2) is 6.04 Å². The summed E-state index contributed by atoms with van der Waals surface area (Å²) >= 11 is 0. The molecule has 0 aliphatic carbocycles. The average molecular weight is 277 g/mol. The van der Waals surface area contributed by atoms with Gasteiger partial charge in [-0.3, -0.25) is 4.79 Å². The third kappa shape index (κ3) is 3.97. The minimum atomic E-state index is 0.0496. The minimum absolute atomic E-state index is 0.0496. The number of rotatable bonds is 5. The molecule has 1 heterocycles. The van der Waals surface area contributed by atoms with Gasteiger partial charge in [-0.05, 0) is 43.9 Å². The first-order chi connectivity index (χ1) is 9.70. The lowest BCUT2D eigenvalue weighted by atomic mass is 10.1. The Morgan fingerprint density at radius 3 is 2.50 bits per heavy atom. The van der Waals surface area contributed by atoms with Gasteiger partial charge >= 0.3 is 0 Å². The summed E-state index contributed by atoms with van der Waals surface area (Å²) in [7, 11) is 1.65. The van der Waals surface area contributed by atoms with Gasteiger partial charge in [0.25, 0.3) is 5.91 Å². The Hall–Kier alpha value is -1.55. The third-order valence-electron chi connectivity index (χ3n) is 4.13. The minimum Gasteiger partial charge on any atom is -0.497 e. The summed E-state index contributed by atoms with van der Waals surface area (Å²) in [6.45, 7) is 4.86. The molecule has 0 spiro atoms. The number of likely N-dealkylation sites (tertiary alicyclic amines) is 1. The van der Waals surface area contributed by atoms with Crippen LogP contribution >= 0.6 is 0 Å². The quantitative estimate of drug-likeness (QED) is 0.835. The highest BCUT2D eigenvalue weighted by Crippen LogP contribution is 2.10. The summed E-state index contributed by atoms with van der Waals surface area (Å²) < 4.78 is 5.12. The highest BCUT2D eigenvalue weighted by atomic mass is 16.5. The molecule has 110 valence electrons. The number of piperidine rings is 1. The summed E-state index contributed by atoms with van der Waals surface area (Å²) in [5.41, 5.74) is 1.10. The normalized spacial score (nSPS) is 17.5. The smallest absolute Gasteiger partial charge is 0.278 e. The highest BCUT2D eigenvalue weighted by Gasteiger charge is 2.26. The number of quaternary nitrogens is 1. The van der Waals surface area contributed by atoms with Crippen LogP contribution in [0.3, 0.4) is 0 Å². The molecular formula is C16H25N2O2+. The molecule has 20 heavy (non-hydrogen) atoms. The second-order valence-electron chi connectivity index (χ2n) is 5.51. The number of carbonyl (C=O) groups excluding carboxylic acids is 1. The van der Waals surface area contributed by atoms with E-state index in [1.165, 1.54) is 24.2 Å². The van der Waals surface area contributed by atoms with Gasteiger partial charge in [-0.25, -0.2) is 0 Å². The summed E-state index contributed by atoms with van der Waals surface area (Å²) in [5.74, 6) is 0.990. The fourth-order valence-electron chi connectivity index (χ4n) is 2.71. The SMILES string of the molecule is COc1ccc(CNC(=O)[C@@H](C)[NH+]2CCCCC2)cc1. The van der Waals surface area contributed by atoms with Crippen molar-refractivity contribution >= 4 is 5.91 Å². The first-order valence-corrected chi connectivity index (χ1v) is 7.46. The average Bonchev–Trinajstić information content (AvgIpc) is 2.53. The van der Waals surface area contributed by atoms with Gasteiger partial charge in [0.05, 0.1) is 20.2 Å². The zero-order valence-corrected chi connectivity index (χ0v) is 12.4. The summed E-state index contributed by atoms with van der Waals surface area (Å²) in [4.78, 5) is 13.6. The molecule has 0 saturated carbocycles. The van der Waals surface area contributed by atoms with Crippen molar-refractivity contribution in [1.82, 2.24) is 5.32 Å². The van der Waals surface area contributed by atoms with E-state index in [0.29, 0.717) is 6.54 Å². The molecule has 0 radical (unpaired) electrons. The number of ether oxygens (including phenoxy) is 1. The van der Waals surface area contributed by atoms with Crippen molar-refractivity contribution in [3.8, 4) is 5.75 Å². The van der Waals surface area contributed by atoms with Crippen LogP contribution in [0.5, 0.6) is 5.75 Å². The van der Waals surface area contributed by atoms with Gasteiger partial charge in [-0.1, -0.05) is 12.1 Å². The lowest BCUT2D eigenvalue weighted by Gasteiger charge is -2.28. The monoisotopic (exact) mass is 277 g/mol. The largest absolute Gasteiger partial charge is 0.497 e. The van der Waals surface area contributed by atoms with E-state index in [0.717, 1.165) is 24.4 Å². The van der Waals surface area contributed by atoms with Gasteiger partial charge in [0, 0.05) is 6.54 Å². The van der Waals surface area contributed by atoms with Crippen LogP contribution in [0.15, 0.2) is 24.3 Å². The Bertz CT molecular complexity index is 425. The van der Waals surface area contributed by atoms with Crippen LogP contribution in [-0.4, -0.2) is 32.1 Å². The Labute approximate surface area is 121 Å². The molecule has 0 bridgehead atoms. The molecule has 4 heteroatoms. The van der Waals surface area contributed by atoms with Crippen LogP contribution < -0.4 is 15.0 Å². The number of hydrogen-bond donors (Lipinski definition) is 2. The number of amides is 1. The molecule has 0 aromatic heterocycles. The predicted molar refractivity (Wildman–Crippen MR) is 78.9 cm³/mol. The fourth-order valence-corrected chi connectivity index (χ4v) is 2.71. The number of hydrogen-bond acceptors (Lipinski definition) is 2. The Kier molecular flexibility index (Phi) is 5.41. The van der Waals surface area contributed by atoms with Crippen LogP contribution in [0.1, 0.15) is 31.7 Å². The van der Waals surface area contributed by atoms with E-state index in [9.17, 15) is 4.79 Å². The second-order valence-corrected chi connectivity index (χ2v) is 5.51. The lowest BCUT2D eigenvalue weighted by molar-refractivity contribution is -0.918. The Balaban J connectivity index is 1.81. The van der Waals surface area contributed by atoms with E-state index in [1.807, 2.05) is 31.2 Å². The van der Waals surface area contributed by atoms with Crippen molar-refractivity contribution in [2.45, 2.75) is 38.8 Å². The van der Waals surface area contributed by atoms with Crippen molar-refractivity contribution in [3.05, 3.63) is 29.8 Å². The number of carbonyl (C=O) groups is 1. The van der Waals surface area contributed by atoms with E-state index in [2.05, 4.69) is 5.32 Å². The second kappa shape index (κ2) is 7.29. The third-order valence-corrected chi connectivity index (χ3v) is 4.13. The molecule has 2 N–H and O–H groups in total. The van der Waals surface area contributed by atoms with E-state index < -0.39 is 0 Å². The number of nitrogens with one attached hydrogen (secondary N) is 2. The van der Waals surface area contributed by atoms with E-state index in [-0.39, 0.29) is 11.9 Å². The summed E-state index contributed by atoms with van der Waals surface area (Å²) in [6, 6.07) is 7.85. The lowest BCUT2D eigenvalue weighted by Crippen LogP contribution is -3.17. The van der Waals surface area contributed by atoms with Crippen LogP contribution in [0, 0.1) is 0 Å². The summed E-state index contributed by atoms with van der Waals surface area (Å²) in [5, 5.41) is 3.03. The van der Waals surface area contributed by atoms with Crippen molar-refractivity contribution in [1.29, 1.82) is 0 Å². The number of benzene rings is 1. The van der Waals surface area contributed by atoms with E-state index >= 15 is 0 Å². The zero-order valence-electron chi connectivity index (χ0n) is 12.4. The Morgan fingerprint density at radius 1 is 1.25 bits per heavy atom. The van der Waals surface area contributed by atoms with Crippen LogP contribution in [0.2, 0.25) is 0 Å². The van der Waals surface area contributed by atoms with Gasteiger partial charge < -0.3 is 15.0 Å². The molecule has 4 nitrogen and oxygen atoms in total. The van der Waals surface area contributed by atoms with Crippen molar-refractivity contribution in [2.24, 2.45) is 0 Å². The van der Waals surface area contributed by atoms with Gasteiger partial charge in [0.1, 0.15) is 5.75 Å². The molecule has 1 aliphatic rings. The van der Waals surface area contributed by atoms with Crippen molar-refractivity contribution in [3.63, 3.8) is 0 Å². The predicted octanol–water partition coefficient (Wildman–Crippen LogP) is 0.769. The molecule has 1 saturated heterocycles. The maximum atomic E-state index is 12.2. The van der Waals surface area contributed by atoms with E-state index in [4.69, 9.17) is 4.74 Å². The zero-order chi connectivity index (χ0) is 14.4. The van der Waals surface area contributed by atoms with Crippen molar-refractivity contribution < 1.29 is 14.4 Å². The molecule has 1 amide bonds. The Morgan fingerprint density at radius 2 is 1.90 bits per heavy atom. The fraction of sp³-hybridized carbons (Fsp3) is 0.562. The first-order valence-electron chi connectivity index (χ1n) is 7.46. The molecule has 1 aliphatic heterocycles. The van der Waals surface area contributed by atoms with Crippen molar-refractivity contribution in [2.75, 3.05) is 20.2 Å². The van der Waals surface area contributed by atoms with Gasteiger partial charge in [0.2, 0.25) is 0 Å². The molecule has 1 fully saturated rings. The topological polar surface area (TPSA) is 42.8 Å². The number of methoxy groups -OCH3 is 1. The van der Waals surface area contributed by atoms with Gasteiger partial charge in [-0.15, -0.1) is 0 Å². The standard InChI is InChI=1S/C16H24N2O2/c1-13(18-10-4-3-5-11-18)16(19)17-12-14-6-8-15(20-2)9-7-14/h6-9,13H,3-5,10-12H2,1-2H3,(H,17,19)/p+1/t13-/m1/s1. The summed E-state index contributed by atoms with van der Waals surface area (Å²) in [6.07, 6.45) is 3.79. The van der Waals surface area contributed by atoms with Crippen LogP contribution in [-0.2, 0) is 11.3 Å². The first kappa shape index (κ1) is 14.9. The molecule has 1 atom stereocenters. The van der Waals surface area contributed by atoms with E-state index in [1.54, 1.807) is 7.11 Å². The van der Waals surface area contributed by atoms with Crippen LogP contribution in [0.4, 0.5) is 0 Å². The maximum absolute atomic E-state index is 12.2.